The Kier molecular flexibility index (Phi) is 5.96. The van der Waals surface area contributed by atoms with Crippen LogP contribution < -0.4 is 20.9 Å². The molecule has 0 aliphatic carbocycles. The van der Waals surface area contributed by atoms with E-state index in [-0.39, 0.29) is 18.5 Å². The van der Waals surface area contributed by atoms with Crippen LogP contribution in [0, 0.1) is 0 Å². The molecule has 0 fully saturated rings. The normalized spacial score (nSPS) is 13.1. The predicted octanol–water partition coefficient (Wildman–Crippen LogP) is 2.90. The molecule has 0 saturated heterocycles. The Morgan fingerprint density at radius 2 is 1.74 bits per heavy atom. The smallest absolute Gasteiger partial charge is 0.321 e. The molecule has 27 heavy (non-hydrogen) atoms. The van der Waals surface area contributed by atoms with Crippen LogP contribution in [0.15, 0.2) is 48.5 Å². The SMILES string of the molecule is CC(C)NC(=O)NC(=O)CNc1ccccc1N1CCc2ccccc2C1. The fourth-order valence-electron chi connectivity index (χ4n) is 3.24. The number of imide groups is 1. The number of rotatable bonds is 5. The molecule has 3 amide bonds. The Hall–Kier alpha value is -3.02. The van der Waals surface area contributed by atoms with Gasteiger partial charge >= 0.3 is 6.03 Å². The predicted molar refractivity (Wildman–Crippen MR) is 108 cm³/mol. The third-order valence-electron chi connectivity index (χ3n) is 4.49. The Balaban J connectivity index is 1.63. The first-order valence-electron chi connectivity index (χ1n) is 9.28. The molecule has 0 bridgehead atoms. The summed E-state index contributed by atoms with van der Waals surface area (Å²) in [6, 6.07) is 16.0. The molecule has 1 heterocycles. The fraction of sp³-hybridized carbons (Fsp3) is 0.333. The minimum atomic E-state index is -0.474. The van der Waals surface area contributed by atoms with Gasteiger partial charge in [0.2, 0.25) is 5.91 Å². The number of nitrogens with one attached hydrogen (secondary N) is 3. The van der Waals surface area contributed by atoms with Crippen LogP contribution in [0.3, 0.4) is 0 Å². The minimum absolute atomic E-state index is 0.0199. The maximum absolute atomic E-state index is 12.0. The summed E-state index contributed by atoms with van der Waals surface area (Å²) < 4.78 is 0. The number of urea groups is 1. The average Bonchev–Trinajstić information content (AvgIpc) is 2.65. The maximum atomic E-state index is 12.0. The van der Waals surface area contributed by atoms with Crippen LogP contribution in [0.2, 0.25) is 0 Å². The molecular weight excluding hydrogens is 340 g/mol. The zero-order valence-electron chi connectivity index (χ0n) is 15.8. The molecule has 2 aromatic rings. The van der Waals surface area contributed by atoms with E-state index in [1.54, 1.807) is 0 Å². The molecule has 2 aromatic carbocycles. The second-order valence-electron chi connectivity index (χ2n) is 6.99. The van der Waals surface area contributed by atoms with Crippen LogP contribution in [-0.4, -0.2) is 31.1 Å². The molecule has 6 nitrogen and oxygen atoms in total. The second kappa shape index (κ2) is 8.58. The highest BCUT2D eigenvalue weighted by Gasteiger charge is 2.18. The van der Waals surface area contributed by atoms with E-state index in [0.717, 1.165) is 30.9 Å². The van der Waals surface area contributed by atoms with Gasteiger partial charge in [-0.25, -0.2) is 4.79 Å². The van der Waals surface area contributed by atoms with Gasteiger partial charge in [-0.05, 0) is 43.5 Å². The number of fused-ring (bicyclic) bond motifs is 1. The standard InChI is InChI=1S/C21H26N4O2/c1-15(2)23-21(27)24-20(26)13-22-18-9-5-6-10-19(18)25-12-11-16-7-3-4-8-17(16)14-25/h3-10,15,22H,11-14H2,1-2H3,(H2,23,24,26,27). The lowest BCUT2D eigenvalue weighted by molar-refractivity contribution is -0.118. The quantitative estimate of drug-likeness (QED) is 0.761. The molecule has 3 N–H and O–H groups in total. The van der Waals surface area contributed by atoms with E-state index in [1.807, 2.05) is 32.0 Å². The third kappa shape index (κ3) is 5.00. The van der Waals surface area contributed by atoms with Crippen molar-refractivity contribution in [3.05, 3.63) is 59.7 Å². The molecule has 142 valence electrons. The van der Waals surface area contributed by atoms with E-state index >= 15 is 0 Å². The zero-order valence-corrected chi connectivity index (χ0v) is 15.8. The summed E-state index contributed by atoms with van der Waals surface area (Å²) in [4.78, 5) is 26.0. The van der Waals surface area contributed by atoms with E-state index in [2.05, 4.69) is 51.2 Å². The Labute approximate surface area is 159 Å². The molecule has 0 unspecified atom stereocenters. The molecular formula is C21H26N4O2. The van der Waals surface area contributed by atoms with Crippen molar-refractivity contribution in [2.75, 3.05) is 23.3 Å². The Morgan fingerprint density at radius 3 is 2.52 bits per heavy atom. The lowest BCUT2D eigenvalue weighted by atomic mass is 9.99. The third-order valence-corrected chi connectivity index (χ3v) is 4.49. The van der Waals surface area contributed by atoms with Crippen molar-refractivity contribution in [1.82, 2.24) is 10.6 Å². The van der Waals surface area contributed by atoms with Crippen LogP contribution in [0.4, 0.5) is 16.2 Å². The van der Waals surface area contributed by atoms with Gasteiger partial charge in [0.25, 0.3) is 0 Å². The zero-order chi connectivity index (χ0) is 19.2. The molecule has 0 aromatic heterocycles. The number of anilines is 2. The first-order valence-corrected chi connectivity index (χ1v) is 9.28. The van der Waals surface area contributed by atoms with E-state index in [1.165, 1.54) is 11.1 Å². The highest BCUT2D eigenvalue weighted by Crippen LogP contribution is 2.30. The summed E-state index contributed by atoms with van der Waals surface area (Å²) >= 11 is 0. The van der Waals surface area contributed by atoms with Crippen LogP contribution >= 0.6 is 0 Å². The first-order chi connectivity index (χ1) is 13.0. The van der Waals surface area contributed by atoms with Gasteiger partial charge in [0, 0.05) is 19.1 Å². The van der Waals surface area contributed by atoms with Crippen molar-refractivity contribution in [1.29, 1.82) is 0 Å². The number of carbonyl (C=O) groups excluding carboxylic acids is 2. The summed E-state index contributed by atoms with van der Waals surface area (Å²) in [6.45, 7) is 5.49. The van der Waals surface area contributed by atoms with Crippen molar-refractivity contribution < 1.29 is 9.59 Å². The molecule has 1 aliphatic rings. The fourth-order valence-corrected chi connectivity index (χ4v) is 3.24. The summed E-state index contributed by atoms with van der Waals surface area (Å²) in [5.74, 6) is -0.369. The van der Waals surface area contributed by atoms with Crippen LogP contribution in [0.25, 0.3) is 0 Å². The van der Waals surface area contributed by atoms with Gasteiger partial charge in [-0.15, -0.1) is 0 Å². The molecule has 3 rings (SSSR count). The summed E-state index contributed by atoms with van der Waals surface area (Å²) in [6.07, 6.45) is 1.00. The van der Waals surface area contributed by atoms with Crippen LogP contribution in [-0.2, 0) is 17.8 Å². The van der Waals surface area contributed by atoms with E-state index in [4.69, 9.17) is 0 Å². The van der Waals surface area contributed by atoms with Gasteiger partial charge in [-0.2, -0.15) is 0 Å². The summed E-state index contributed by atoms with van der Waals surface area (Å²) in [5.41, 5.74) is 4.68. The van der Waals surface area contributed by atoms with Gasteiger partial charge in [0.1, 0.15) is 0 Å². The molecule has 0 atom stereocenters. The van der Waals surface area contributed by atoms with Gasteiger partial charge in [0.15, 0.2) is 0 Å². The average molecular weight is 366 g/mol. The molecule has 1 aliphatic heterocycles. The van der Waals surface area contributed by atoms with E-state index in [0.29, 0.717) is 0 Å². The Bertz CT molecular complexity index is 819. The van der Waals surface area contributed by atoms with Gasteiger partial charge in [-0.3, -0.25) is 10.1 Å². The Morgan fingerprint density at radius 1 is 1.04 bits per heavy atom. The number of hydrogen-bond donors (Lipinski definition) is 3. The number of nitrogens with zero attached hydrogens (tertiary/aromatic N) is 1. The van der Waals surface area contributed by atoms with Gasteiger partial charge in [0.05, 0.1) is 17.9 Å². The van der Waals surface area contributed by atoms with Gasteiger partial charge < -0.3 is 15.5 Å². The first kappa shape index (κ1) is 18.8. The monoisotopic (exact) mass is 366 g/mol. The topological polar surface area (TPSA) is 73.5 Å². The van der Waals surface area contributed by atoms with Crippen molar-refractivity contribution in [2.45, 2.75) is 32.9 Å². The second-order valence-corrected chi connectivity index (χ2v) is 6.99. The molecule has 0 saturated carbocycles. The van der Waals surface area contributed by atoms with E-state index < -0.39 is 6.03 Å². The molecule has 6 heteroatoms. The molecule has 0 radical (unpaired) electrons. The highest BCUT2D eigenvalue weighted by atomic mass is 16.2. The number of benzene rings is 2. The number of hydrogen-bond acceptors (Lipinski definition) is 4. The molecule has 0 spiro atoms. The maximum Gasteiger partial charge on any atom is 0.321 e. The van der Waals surface area contributed by atoms with Crippen LogP contribution in [0.5, 0.6) is 0 Å². The van der Waals surface area contributed by atoms with Crippen molar-refractivity contribution in [2.24, 2.45) is 0 Å². The van der Waals surface area contributed by atoms with Crippen LogP contribution in [0.1, 0.15) is 25.0 Å². The van der Waals surface area contributed by atoms with Crippen molar-refractivity contribution >= 4 is 23.3 Å². The van der Waals surface area contributed by atoms with Crippen molar-refractivity contribution in [3.63, 3.8) is 0 Å². The highest BCUT2D eigenvalue weighted by molar-refractivity contribution is 5.96. The number of carbonyl (C=O) groups is 2. The van der Waals surface area contributed by atoms with Crippen molar-refractivity contribution in [3.8, 4) is 0 Å². The largest absolute Gasteiger partial charge is 0.374 e. The lowest BCUT2D eigenvalue weighted by Gasteiger charge is -2.32. The summed E-state index contributed by atoms with van der Waals surface area (Å²) in [5, 5.41) is 8.13. The minimum Gasteiger partial charge on any atom is -0.374 e. The van der Waals surface area contributed by atoms with Gasteiger partial charge in [-0.1, -0.05) is 36.4 Å². The summed E-state index contributed by atoms with van der Waals surface area (Å²) in [7, 11) is 0. The number of amides is 3. The van der Waals surface area contributed by atoms with E-state index in [9.17, 15) is 9.59 Å². The lowest BCUT2D eigenvalue weighted by Crippen LogP contribution is -2.44. The number of para-hydroxylation sites is 2.